The molecule has 2 heterocycles. The van der Waals surface area contributed by atoms with Gasteiger partial charge < -0.3 is 9.47 Å². The molecule has 27 heavy (non-hydrogen) atoms. The average Bonchev–Trinajstić information content (AvgIpc) is 3.09. The van der Waals surface area contributed by atoms with Crippen LogP contribution in [0.25, 0.3) is 5.69 Å². The van der Waals surface area contributed by atoms with Gasteiger partial charge in [0.05, 0.1) is 34.3 Å². The standard InChI is InChI=1S/C15H11Cl2F2N5O2.H2S/c1-8(25-15-20-5-9(16)6-21-15)12-7-24(23-22-12)10-2-3-11(17)13(4-10)26-14(18)19;/h2-8,14H,1H3;1H2/t8-;/m0./s1. The van der Waals surface area contributed by atoms with Gasteiger partial charge in [-0.25, -0.2) is 14.6 Å². The summed E-state index contributed by atoms with van der Waals surface area (Å²) in [5.41, 5.74) is 0.925. The zero-order valence-corrected chi connectivity index (χ0v) is 16.2. The van der Waals surface area contributed by atoms with Crippen molar-refractivity contribution >= 4 is 36.7 Å². The van der Waals surface area contributed by atoms with Crippen molar-refractivity contribution in [1.29, 1.82) is 0 Å². The first-order chi connectivity index (χ1) is 12.4. The zero-order chi connectivity index (χ0) is 18.7. The van der Waals surface area contributed by atoms with Gasteiger partial charge in [0, 0.05) is 6.07 Å². The van der Waals surface area contributed by atoms with Crippen LogP contribution in [0.15, 0.2) is 36.8 Å². The van der Waals surface area contributed by atoms with Crippen molar-refractivity contribution in [3.8, 4) is 17.4 Å². The molecule has 0 unspecified atom stereocenters. The second-order valence-corrected chi connectivity index (χ2v) is 5.87. The molecule has 0 radical (unpaired) electrons. The molecule has 0 spiro atoms. The Balaban J connectivity index is 0.00000261. The molecule has 0 saturated heterocycles. The highest BCUT2D eigenvalue weighted by Crippen LogP contribution is 2.28. The molecule has 0 N–H and O–H groups in total. The fourth-order valence-electron chi connectivity index (χ4n) is 1.99. The first-order valence-corrected chi connectivity index (χ1v) is 7.99. The summed E-state index contributed by atoms with van der Waals surface area (Å²) in [5, 5.41) is 8.41. The van der Waals surface area contributed by atoms with E-state index in [4.69, 9.17) is 27.9 Å². The van der Waals surface area contributed by atoms with Crippen LogP contribution in [-0.4, -0.2) is 31.6 Å². The van der Waals surface area contributed by atoms with Crippen LogP contribution in [-0.2, 0) is 0 Å². The van der Waals surface area contributed by atoms with Gasteiger partial charge >= 0.3 is 12.6 Å². The highest BCUT2D eigenvalue weighted by atomic mass is 35.5. The minimum absolute atomic E-state index is 0. The van der Waals surface area contributed by atoms with E-state index in [9.17, 15) is 8.78 Å². The summed E-state index contributed by atoms with van der Waals surface area (Å²) in [6, 6.07) is 4.49. The van der Waals surface area contributed by atoms with E-state index in [2.05, 4.69) is 25.0 Å². The van der Waals surface area contributed by atoms with Crippen molar-refractivity contribution < 1.29 is 18.3 Å². The van der Waals surface area contributed by atoms with Crippen LogP contribution in [0, 0.1) is 0 Å². The minimum Gasteiger partial charge on any atom is -0.454 e. The number of aromatic nitrogens is 5. The number of hydrogen-bond acceptors (Lipinski definition) is 6. The average molecular weight is 436 g/mol. The van der Waals surface area contributed by atoms with Crippen LogP contribution in [0.1, 0.15) is 18.7 Å². The zero-order valence-electron chi connectivity index (χ0n) is 13.7. The molecule has 12 heteroatoms. The number of halogens is 4. The lowest BCUT2D eigenvalue weighted by Crippen LogP contribution is -2.06. The summed E-state index contributed by atoms with van der Waals surface area (Å²) in [4.78, 5) is 7.87. The maximum atomic E-state index is 12.4. The quantitative estimate of drug-likeness (QED) is 0.576. The van der Waals surface area contributed by atoms with Gasteiger partial charge in [0.1, 0.15) is 17.5 Å². The summed E-state index contributed by atoms with van der Waals surface area (Å²) in [7, 11) is 0. The predicted octanol–water partition coefficient (Wildman–Crippen LogP) is 4.22. The normalized spacial score (nSPS) is 11.8. The monoisotopic (exact) mass is 435 g/mol. The Hall–Kier alpha value is -2.17. The molecule has 3 aromatic rings. The molecule has 2 aromatic heterocycles. The van der Waals surface area contributed by atoms with Crippen LogP contribution >= 0.6 is 36.7 Å². The molecular formula is C15H13Cl2F2N5O2S. The lowest BCUT2D eigenvalue weighted by molar-refractivity contribution is -0.0497. The molecule has 0 aliphatic carbocycles. The second kappa shape index (κ2) is 9.16. The van der Waals surface area contributed by atoms with E-state index >= 15 is 0 Å². The van der Waals surface area contributed by atoms with Gasteiger partial charge in [-0.3, -0.25) is 0 Å². The van der Waals surface area contributed by atoms with Crippen LogP contribution in [0.5, 0.6) is 11.8 Å². The topological polar surface area (TPSA) is 75.0 Å². The number of hydrogen-bond donors (Lipinski definition) is 0. The van der Waals surface area contributed by atoms with Crippen LogP contribution in [0.4, 0.5) is 8.78 Å². The van der Waals surface area contributed by atoms with E-state index in [1.165, 1.54) is 29.2 Å². The third-order valence-electron chi connectivity index (χ3n) is 3.20. The van der Waals surface area contributed by atoms with Gasteiger partial charge in [0.15, 0.2) is 0 Å². The first kappa shape index (κ1) is 21.1. The molecule has 1 aromatic carbocycles. The highest BCUT2D eigenvalue weighted by molar-refractivity contribution is 7.59. The summed E-state index contributed by atoms with van der Waals surface area (Å²) in [6.45, 7) is -1.25. The van der Waals surface area contributed by atoms with Crippen molar-refractivity contribution in [2.75, 3.05) is 0 Å². The molecule has 1 atom stereocenters. The van der Waals surface area contributed by atoms with Gasteiger partial charge in [-0.15, -0.1) is 5.10 Å². The summed E-state index contributed by atoms with van der Waals surface area (Å²) >= 11 is 11.6. The fraction of sp³-hybridized carbons (Fsp3) is 0.200. The van der Waals surface area contributed by atoms with E-state index in [0.29, 0.717) is 16.4 Å². The van der Waals surface area contributed by atoms with Gasteiger partial charge in [0.2, 0.25) is 0 Å². The maximum Gasteiger partial charge on any atom is 0.387 e. The van der Waals surface area contributed by atoms with Gasteiger partial charge in [-0.05, 0) is 19.1 Å². The van der Waals surface area contributed by atoms with Gasteiger partial charge in [-0.1, -0.05) is 28.4 Å². The summed E-state index contributed by atoms with van der Waals surface area (Å²) in [6.07, 6.45) is 3.89. The second-order valence-electron chi connectivity index (χ2n) is 5.03. The Morgan fingerprint density at radius 3 is 2.48 bits per heavy atom. The molecule has 144 valence electrons. The Labute approximate surface area is 169 Å². The van der Waals surface area contributed by atoms with Crippen molar-refractivity contribution in [1.82, 2.24) is 25.0 Å². The van der Waals surface area contributed by atoms with Crippen LogP contribution in [0.3, 0.4) is 0 Å². The van der Waals surface area contributed by atoms with E-state index in [1.54, 1.807) is 19.2 Å². The Morgan fingerprint density at radius 1 is 1.11 bits per heavy atom. The summed E-state index contributed by atoms with van der Waals surface area (Å²) < 4.78 is 36.2. The highest BCUT2D eigenvalue weighted by Gasteiger charge is 2.15. The third kappa shape index (κ3) is 5.41. The summed E-state index contributed by atoms with van der Waals surface area (Å²) in [5.74, 6) is -0.157. The van der Waals surface area contributed by atoms with Crippen LogP contribution in [0.2, 0.25) is 10.0 Å². The van der Waals surface area contributed by atoms with Gasteiger partial charge in [-0.2, -0.15) is 22.3 Å². The molecule has 0 aliphatic rings. The molecule has 0 fully saturated rings. The maximum absolute atomic E-state index is 12.4. The number of nitrogens with zero attached hydrogens (tertiary/aromatic N) is 5. The van der Waals surface area contributed by atoms with E-state index in [0.717, 1.165) is 0 Å². The first-order valence-electron chi connectivity index (χ1n) is 7.23. The predicted molar refractivity (Wildman–Crippen MR) is 99.5 cm³/mol. The molecule has 7 nitrogen and oxygen atoms in total. The van der Waals surface area contributed by atoms with Gasteiger partial charge in [0.25, 0.3) is 0 Å². The Morgan fingerprint density at radius 2 is 1.81 bits per heavy atom. The minimum atomic E-state index is -2.98. The van der Waals surface area contributed by atoms with Crippen molar-refractivity contribution in [3.05, 3.63) is 52.5 Å². The van der Waals surface area contributed by atoms with Crippen molar-refractivity contribution in [3.63, 3.8) is 0 Å². The van der Waals surface area contributed by atoms with E-state index in [1.807, 2.05) is 0 Å². The molecule has 0 amide bonds. The molecule has 0 bridgehead atoms. The molecule has 0 saturated carbocycles. The number of ether oxygens (including phenoxy) is 2. The third-order valence-corrected chi connectivity index (χ3v) is 3.71. The number of alkyl halides is 2. The number of rotatable bonds is 6. The smallest absolute Gasteiger partial charge is 0.387 e. The number of benzene rings is 1. The van der Waals surface area contributed by atoms with E-state index < -0.39 is 12.7 Å². The fourth-order valence-corrected chi connectivity index (χ4v) is 2.25. The molecule has 3 rings (SSSR count). The largest absolute Gasteiger partial charge is 0.454 e. The lowest BCUT2D eigenvalue weighted by atomic mass is 10.3. The van der Waals surface area contributed by atoms with E-state index in [-0.39, 0.29) is 30.3 Å². The Kier molecular flexibility index (Phi) is 7.17. The van der Waals surface area contributed by atoms with Crippen LogP contribution < -0.4 is 9.47 Å². The SMILES string of the molecule is C[C@H](Oc1ncc(Cl)cn1)c1cn(-c2ccc(Cl)c(OC(F)F)c2)nn1.S. The lowest BCUT2D eigenvalue weighted by Gasteiger charge is -2.10. The van der Waals surface area contributed by atoms with Crippen molar-refractivity contribution in [2.45, 2.75) is 19.6 Å². The molecule has 0 aliphatic heterocycles. The Bertz CT molecular complexity index is 898. The van der Waals surface area contributed by atoms with Crippen molar-refractivity contribution in [2.24, 2.45) is 0 Å². The molecular weight excluding hydrogens is 423 g/mol.